The van der Waals surface area contributed by atoms with Crippen LogP contribution in [-0.2, 0) is 4.74 Å². The number of hydrogen-bond donors (Lipinski definition) is 2. The fraction of sp³-hybridized carbons (Fsp3) is 0.538. The molecular formula is C13H20N2O3S. The first-order valence-corrected chi connectivity index (χ1v) is 7.33. The molecule has 0 spiro atoms. The Hall–Kier alpha value is -0.950. The van der Waals surface area contributed by atoms with Gasteiger partial charge in [-0.15, -0.1) is 0 Å². The van der Waals surface area contributed by atoms with E-state index in [0.717, 1.165) is 23.7 Å². The molecule has 1 aliphatic rings. The summed E-state index contributed by atoms with van der Waals surface area (Å²) in [4.78, 5) is 0. The van der Waals surface area contributed by atoms with Crippen molar-refractivity contribution in [1.29, 1.82) is 0 Å². The summed E-state index contributed by atoms with van der Waals surface area (Å²) in [6.07, 6.45) is 0.0712. The van der Waals surface area contributed by atoms with Crippen molar-refractivity contribution < 1.29 is 14.2 Å². The third-order valence-corrected chi connectivity index (χ3v) is 4.18. The van der Waals surface area contributed by atoms with Gasteiger partial charge in [0.1, 0.15) is 0 Å². The second-order valence-electron chi connectivity index (χ2n) is 4.24. The van der Waals surface area contributed by atoms with Gasteiger partial charge in [-0.3, -0.25) is 11.3 Å². The molecule has 1 heterocycles. The van der Waals surface area contributed by atoms with E-state index in [1.807, 2.05) is 30.0 Å². The number of benzene rings is 1. The van der Waals surface area contributed by atoms with Crippen LogP contribution in [-0.4, -0.2) is 38.4 Å². The molecule has 1 aromatic carbocycles. The van der Waals surface area contributed by atoms with E-state index in [4.69, 9.17) is 20.1 Å². The van der Waals surface area contributed by atoms with Crippen molar-refractivity contribution in [2.75, 3.05) is 32.3 Å². The normalized spacial score (nSPS) is 20.9. The molecule has 2 atom stereocenters. The first-order chi connectivity index (χ1) is 9.30. The molecular weight excluding hydrogens is 264 g/mol. The van der Waals surface area contributed by atoms with Gasteiger partial charge in [-0.05, 0) is 17.7 Å². The largest absolute Gasteiger partial charge is 0.493 e. The molecule has 2 unspecified atom stereocenters. The van der Waals surface area contributed by atoms with Crippen LogP contribution in [0.15, 0.2) is 18.2 Å². The lowest BCUT2D eigenvalue weighted by Crippen LogP contribution is -2.41. The summed E-state index contributed by atoms with van der Waals surface area (Å²) in [7, 11) is 3.25. The highest BCUT2D eigenvalue weighted by Gasteiger charge is 2.26. The lowest BCUT2D eigenvalue weighted by atomic mass is 10.0. The van der Waals surface area contributed by atoms with Crippen molar-refractivity contribution in [1.82, 2.24) is 5.43 Å². The van der Waals surface area contributed by atoms with Crippen molar-refractivity contribution in [3.05, 3.63) is 23.8 Å². The Morgan fingerprint density at radius 2 is 2.16 bits per heavy atom. The molecule has 6 heteroatoms. The molecule has 19 heavy (non-hydrogen) atoms. The Bertz CT molecular complexity index is 411. The van der Waals surface area contributed by atoms with Crippen LogP contribution in [0.4, 0.5) is 0 Å². The zero-order valence-electron chi connectivity index (χ0n) is 11.2. The van der Waals surface area contributed by atoms with E-state index in [-0.39, 0.29) is 12.1 Å². The highest BCUT2D eigenvalue weighted by molar-refractivity contribution is 7.99. The van der Waals surface area contributed by atoms with Crippen LogP contribution in [0.3, 0.4) is 0 Å². The maximum absolute atomic E-state index is 5.78. The smallest absolute Gasteiger partial charge is 0.161 e. The van der Waals surface area contributed by atoms with Crippen molar-refractivity contribution in [2.45, 2.75) is 12.1 Å². The van der Waals surface area contributed by atoms with Crippen LogP contribution in [0.2, 0.25) is 0 Å². The van der Waals surface area contributed by atoms with E-state index in [2.05, 4.69) is 5.43 Å². The molecule has 0 aliphatic carbocycles. The third kappa shape index (κ3) is 3.33. The Balaban J connectivity index is 2.22. The minimum absolute atomic E-state index is 0.0485. The SMILES string of the molecule is COc1ccc(C(NN)C2CSCCO2)cc1OC. The van der Waals surface area contributed by atoms with E-state index >= 15 is 0 Å². The van der Waals surface area contributed by atoms with Gasteiger partial charge in [0.2, 0.25) is 0 Å². The first-order valence-electron chi connectivity index (χ1n) is 6.17. The Morgan fingerprint density at radius 1 is 1.37 bits per heavy atom. The summed E-state index contributed by atoms with van der Waals surface area (Å²) >= 11 is 1.88. The highest BCUT2D eigenvalue weighted by atomic mass is 32.2. The molecule has 0 aromatic heterocycles. The maximum Gasteiger partial charge on any atom is 0.161 e. The first kappa shape index (κ1) is 14.5. The van der Waals surface area contributed by atoms with Crippen molar-refractivity contribution in [3.8, 4) is 11.5 Å². The number of methoxy groups -OCH3 is 2. The number of thioether (sulfide) groups is 1. The maximum atomic E-state index is 5.78. The van der Waals surface area contributed by atoms with Crippen molar-refractivity contribution in [3.63, 3.8) is 0 Å². The molecule has 0 radical (unpaired) electrons. The Kier molecular flexibility index (Phi) is 5.33. The van der Waals surface area contributed by atoms with Gasteiger partial charge >= 0.3 is 0 Å². The summed E-state index contributed by atoms with van der Waals surface area (Å²) in [5.74, 6) is 9.07. The second kappa shape index (κ2) is 7.00. The number of rotatable bonds is 5. The summed E-state index contributed by atoms with van der Waals surface area (Å²) in [5, 5.41) is 0. The molecule has 0 amide bonds. The molecule has 0 bridgehead atoms. The predicted molar refractivity (Wildman–Crippen MR) is 76.7 cm³/mol. The van der Waals surface area contributed by atoms with Crippen LogP contribution in [0, 0.1) is 0 Å². The number of ether oxygens (including phenoxy) is 3. The standard InChI is InChI=1S/C13H20N2O3S/c1-16-10-4-3-9(7-11(10)17-2)13(15-14)12-8-19-6-5-18-12/h3-4,7,12-13,15H,5-6,8,14H2,1-2H3. The fourth-order valence-electron chi connectivity index (χ4n) is 2.16. The third-order valence-electron chi connectivity index (χ3n) is 3.16. The van der Waals surface area contributed by atoms with Crippen LogP contribution in [0.1, 0.15) is 11.6 Å². The molecule has 0 saturated carbocycles. The summed E-state index contributed by atoms with van der Waals surface area (Å²) < 4.78 is 16.3. The molecule has 3 N–H and O–H groups in total. The minimum atomic E-state index is -0.0485. The molecule has 5 nitrogen and oxygen atoms in total. The lowest BCUT2D eigenvalue weighted by Gasteiger charge is -2.30. The second-order valence-corrected chi connectivity index (χ2v) is 5.39. The quantitative estimate of drug-likeness (QED) is 0.628. The van der Waals surface area contributed by atoms with Crippen molar-refractivity contribution >= 4 is 11.8 Å². The van der Waals surface area contributed by atoms with E-state index in [0.29, 0.717) is 11.5 Å². The van der Waals surface area contributed by atoms with E-state index < -0.39 is 0 Å². The summed E-state index contributed by atoms with van der Waals surface area (Å²) in [5.41, 5.74) is 3.88. The number of nitrogens with one attached hydrogen (secondary N) is 1. The summed E-state index contributed by atoms with van der Waals surface area (Å²) in [6.45, 7) is 0.765. The van der Waals surface area contributed by atoms with Crippen molar-refractivity contribution in [2.24, 2.45) is 5.84 Å². The molecule has 106 valence electrons. The lowest BCUT2D eigenvalue weighted by molar-refractivity contribution is 0.0467. The van der Waals surface area contributed by atoms with Crippen LogP contribution in [0.5, 0.6) is 11.5 Å². The zero-order chi connectivity index (χ0) is 13.7. The number of hydrazine groups is 1. The van der Waals surface area contributed by atoms with Gasteiger partial charge in [0.15, 0.2) is 11.5 Å². The Labute approximate surface area is 117 Å². The zero-order valence-corrected chi connectivity index (χ0v) is 12.0. The number of nitrogens with two attached hydrogens (primary N) is 1. The average Bonchev–Trinajstić information content (AvgIpc) is 2.49. The minimum Gasteiger partial charge on any atom is -0.493 e. The van der Waals surface area contributed by atoms with E-state index in [1.165, 1.54) is 0 Å². The fourth-order valence-corrected chi connectivity index (χ4v) is 3.06. The van der Waals surface area contributed by atoms with Gasteiger partial charge in [-0.2, -0.15) is 11.8 Å². The van der Waals surface area contributed by atoms with Gasteiger partial charge in [-0.25, -0.2) is 0 Å². The topological polar surface area (TPSA) is 65.7 Å². The van der Waals surface area contributed by atoms with Gasteiger partial charge in [0.05, 0.1) is 33.0 Å². The van der Waals surface area contributed by atoms with Gasteiger partial charge in [0, 0.05) is 11.5 Å². The molecule has 1 aliphatic heterocycles. The van der Waals surface area contributed by atoms with E-state index in [9.17, 15) is 0 Å². The van der Waals surface area contributed by atoms with Gasteiger partial charge in [0.25, 0.3) is 0 Å². The molecule has 1 aromatic rings. The van der Waals surface area contributed by atoms with Crippen LogP contribution in [0.25, 0.3) is 0 Å². The Morgan fingerprint density at radius 3 is 2.74 bits per heavy atom. The van der Waals surface area contributed by atoms with Crippen LogP contribution >= 0.6 is 11.8 Å². The number of hydrogen-bond acceptors (Lipinski definition) is 6. The van der Waals surface area contributed by atoms with Crippen LogP contribution < -0.4 is 20.7 Å². The highest BCUT2D eigenvalue weighted by Crippen LogP contribution is 2.32. The predicted octanol–water partition coefficient (Wildman–Crippen LogP) is 1.34. The van der Waals surface area contributed by atoms with E-state index in [1.54, 1.807) is 14.2 Å². The monoisotopic (exact) mass is 284 g/mol. The molecule has 1 fully saturated rings. The van der Waals surface area contributed by atoms with Gasteiger partial charge in [-0.1, -0.05) is 6.07 Å². The van der Waals surface area contributed by atoms with Gasteiger partial charge < -0.3 is 14.2 Å². The molecule has 2 rings (SSSR count). The molecule has 1 saturated heterocycles. The summed E-state index contributed by atoms with van der Waals surface area (Å²) in [6, 6.07) is 5.75. The average molecular weight is 284 g/mol.